The summed E-state index contributed by atoms with van der Waals surface area (Å²) >= 11 is 0. The third-order valence-electron chi connectivity index (χ3n) is 5.15. The molecule has 1 N–H and O–H groups in total. The molecule has 1 saturated heterocycles. The van der Waals surface area contributed by atoms with E-state index in [0.29, 0.717) is 6.54 Å². The van der Waals surface area contributed by atoms with Crippen molar-refractivity contribution in [2.75, 3.05) is 20.2 Å². The van der Waals surface area contributed by atoms with Crippen molar-refractivity contribution in [1.82, 2.24) is 19.8 Å². The number of hydrogen-bond donors (Lipinski definition) is 1. The minimum absolute atomic E-state index is 0.0830. The molecule has 0 saturated carbocycles. The number of aromatic nitrogens is 2. The lowest BCUT2D eigenvalue weighted by atomic mass is 10.2. The van der Waals surface area contributed by atoms with Crippen LogP contribution in [0.15, 0.2) is 48.5 Å². The maximum atomic E-state index is 12.2. The molecule has 1 unspecified atom stereocenters. The Morgan fingerprint density at radius 1 is 1.19 bits per heavy atom. The van der Waals surface area contributed by atoms with Crippen LogP contribution in [-0.4, -0.2) is 46.6 Å². The number of methoxy groups -OCH3 is 1. The Balaban J connectivity index is 1.76. The van der Waals surface area contributed by atoms with Crippen molar-refractivity contribution in [1.29, 1.82) is 0 Å². The smallest absolute Gasteiger partial charge is 0.237 e. The molecular formula is C21H24N4O2. The summed E-state index contributed by atoms with van der Waals surface area (Å²) in [6.45, 7) is 4.18. The van der Waals surface area contributed by atoms with Gasteiger partial charge in [0, 0.05) is 18.8 Å². The molecule has 27 heavy (non-hydrogen) atoms. The highest BCUT2D eigenvalue weighted by molar-refractivity contribution is 5.81. The van der Waals surface area contributed by atoms with Crippen LogP contribution in [0.4, 0.5) is 0 Å². The lowest BCUT2D eigenvalue weighted by Crippen LogP contribution is -2.42. The van der Waals surface area contributed by atoms with Crippen LogP contribution in [0.3, 0.4) is 0 Å². The minimum Gasteiger partial charge on any atom is -0.497 e. The molecule has 1 aliphatic rings. The normalized spacial score (nSPS) is 18.3. The van der Waals surface area contributed by atoms with Crippen LogP contribution >= 0.6 is 0 Å². The maximum absolute atomic E-state index is 12.2. The molecule has 2 aromatic carbocycles. The summed E-state index contributed by atoms with van der Waals surface area (Å²) in [6, 6.07) is 15.9. The van der Waals surface area contributed by atoms with E-state index in [0.717, 1.165) is 47.8 Å². The van der Waals surface area contributed by atoms with E-state index >= 15 is 0 Å². The van der Waals surface area contributed by atoms with Crippen LogP contribution in [0.5, 0.6) is 5.75 Å². The Bertz CT molecular complexity index is 948. The van der Waals surface area contributed by atoms with Crippen molar-refractivity contribution in [2.45, 2.75) is 25.9 Å². The first-order chi connectivity index (χ1) is 13.2. The molecule has 1 fully saturated rings. The molecule has 0 spiro atoms. The van der Waals surface area contributed by atoms with E-state index in [1.807, 2.05) is 49.4 Å². The van der Waals surface area contributed by atoms with E-state index in [9.17, 15) is 4.79 Å². The summed E-state index contributed by atoms with van der Waals surface area (Å²) in [5.41, 5.74) is 3.05. The van der Waals surface area contributed by atoms with Crippen LogP contribution in [0.25, 0.3) is 16.7 Å². The Hall–Kier alpha value is -2.86. The molecule has 1 atom stereocenters. The Labute approximate surface area is 158 Å². The van der Waals surface area contributed by atoms with Gasteiger partial charge in [0.25, 0.3) is 0 Å². The van der Waals surface area contributed by atoms with Gasteiger partial charge < -0.3 is 10.1 Å². The van der Waals surface area contributed by atoms with Crippen LogP contribution in [0, 0.1) is 0 Å². The highest BCUT2D eigenvalue weighted by Crippen LogP contribution is 2.25. The minimum atomic E-state index is -0.170. The number of fused-ring (bicyclic) bond motifs is 1. The third-order valence-corrected chi connectivity index (χ3v) is 5.15. The molecule has 6 nitrogen and oxygen atoms in total. The zero-order valence-corrected chi connectivity index (χ0v) is 15.7. The molecule has 1 amide bonds. The van der Waals surface area contributed by atoms with Crippen molar-refractivity contribution in [3.05, 3.63) is 54.4 Å². The summed E-state index contributed by atoms with van der Waals surface area (Å²) in [4.78, 5) is 19.3. The van der Waals surface area contributed by atoms with E-state index in [-0.39, 0.29) is 11.9 Å². The van der Waals surface area contributed by atoms with Crippen molar-refractivity contribution in [2.24, 2.45) is 0 Å². The molecule has 1 aliphatic heterocycles. The average molecular weight is 364 g/mol. The number of para-hydroxylation sites is 2. The first kappa shape index (κ1) is 17.5. The van der Waals surface area contributed by atoms with Crippen LogP contribution in [-0.2, 0) is 11.3 Å². The Morgan fingerprint density at radius 3 is 2.74 bits per heavy atom. The highest BCUT2D eigenvalue weighted by atomic mass is 16.5. The summed E-state index contributed by atoms with van der Waals surface area (Å²) < 4.78 is 7.46. The van der Waals surface area contributed by atoms with Crippen LogP contribution in [0.2, 0.25) is 0 Å². The van der Waals surface area contributed by atoms with Crippen LogP contribution in [0.1, 0.15) is 19.2 Å². The van der Waals surface area contributed by atoms with E-state index in [4.69, 9.17) is 9.72 Å². The first-order valence-electron chi connectivity index (χ1n) is 9.30. The Morgan fingerprint density at radius 2 is 1.96 bits per heavy atom. The number of carbonyl (C=O) groups excluding carboxylic acids is 1. The van der Waals surface area contributed by atoms with Crippen molar-refractivity contribution >= 4 is 16.9 Å². The molecule has 4 rings (SSSR count). The third kappa shape index (κ3) is 3.40. The van der Waals surface area contributed by atoms with Crippen LogP contribution < -0.4 is 10.1 Å². The summed E-state index contributed by atoms with van der Waals surface area (Å²) in [7, 11) is 1.67. The first-order valence-corrected chi connectivity index (χ1v) is 9.30. The zero-order chi connectivity index (χ0) is 18.8. The van der Waals surface area contributed by atoms with E-state index in [1.165, 1.54) is 0 Å². The monoisotopic (exact) mass is 364 g/mol. The predicted molar refractivity (Wildman–Crippen MR) is 105 cm³/mol. The second-order valence-electron chi connectivity index (χ2n) is 6.84. The van der Waals surface area contributed by atoms with E-state index < -0.39 is 0 Å². The fraction of sp³-hybridized carbons (Fsp3) is 0.333. The van der Waals surface area contributed by atoms with Gasteiger partial charge in [-0.1, -0.05) is 12.1 Å². The highest BCUT2D eigenvalue weighted by Gasteiger charge is 2.25. The summed E-state index contributed by atoms with van der Waals surface area (Å²) in [5, 5.41) is 2.97. The van der Waals surface area contributed by atoms with Gasteiger partial charge in [-0.3, -0.25) is 14.3 Å². The number of carbonyl (C=O) groups is 1. The molecule has 6 heteroatoms. The van der Waals surface area contributed by atoms with Crippen molar-refractivity contribution in [3.63, 3.8) is 0 Å². The van der Waals surface area contributed by atoms with Gasteiger partial charge in [-0.15, -0.1) is 0 Å². The predicted octanol–water partition coefficient (Wildman–Crippen LogP) is 2.74. The fourth-order valence-electron chi connectivity index (χ4n) is 3.60. The quantitative estimate of drug-likeness (QED) is 0.773. The van der Waals surface area contributed by atoms with Crippen molar-refractivity contribution < 1.29 is 9.53 Å². The van der Waals surface area contributed by atoms with Gasteiger partial charge in [0.05, 0.1) is 30.7 Å². The molecule has 2 heterocycles. The fourth-order valence-corrected chi connectivity index (χ4v) is 3.60. The number of benzene rings is 2. The van der Waals surface area contributed by atoms with Crippen molar-refractivity contribution in [3.8, 4) is 11.4 Å². The standard InChI is InChI=1S/C21H24N4O2/c1-15-21(26)22-12-5-13-24(15)14-20-23-18-6-3-4-7-19(18)25(20)16-8-10-17(27-2)11-9-16/h3-4,6-11,15H,5,12-14H2,1-2H3,(H,22,26). The molecule has 3 aromatic rings. The SMILES string of the molecule is COc1ccc(-n2c(CN3CCCNC(=O)C3C)nc3ccccc32)cc1. The van der Waals surface area contributed by atoms with E-state index in [1.54, 1.807) is 7.11 Å². The number of imidazole rings is 1. The molecular weight excluding hydrogens is 340 g/mol. The molecule has 0 radical (unpaired) electrons. The van der Waals surface area contributed by atoms with Gasteiger partial charge in [-0.2, -0.15) is 0 Å². The topological polar surface area (TPSA) is 59.4 Å². The number of nitrogens with zero attached hydrogens (tertiary/aromatic N) is 3. The summed E-state index contributed by atoms with van der Waals surface area (Å²) in [6.07, 6.45) is 0.943. The van der Waals surface area contributed by atoms with E-state index in [2.05, 4.69) is 20.9 Å². The largest absolute Gasteiger partial charge is 0.497 e. The zero-order valence-electron chi connectivity index (χ0n) is 15.7. The van der Waals surface area contributed by atoms with Gasteiger partial charge in [-0.25, -0.2) is 4.98 Å². The molecule has 0 aliphatic carbocycles. The van der Waals surface area contributed by atoms with Gasteiger partial charge in [0.2, 0.25) is 5.91 Å². The molecule has 0 bridgehead atoms. The number of hydrogen-bond acceptors (Lipinski definition) is 4. The molecule has 140 valence electrons. The lowest BCUT2D eigenvalue weighted by Gasteiger charge is -2.25. The number of rotatable bonds is 4. The number of amides is 1. The molecule has 1 aromatic heterocycles. The van der Waals surface area contributed by atoms with Gasteiger partial charge in [0.1, 0.15) is 11.6 Å². The van der Waals surface area contributed by atoms with Gasteiger partial charge in [0.15, 0.2) is 0 Å². The number of nitrogens with one attached hydrogen (secondary N) is 1. The van der Waals surface area contributed by atoms with Gasteiger partial charge >= 0.3 is 0 Å². The maximum Gasteiger partial charge on any atom is 0.237 e. The number of ether oxygens (including phenoxy) is 1. The second kappa shape index (κ2) is 7.40. The van der Waals surface area contributed by atoms with Gasteiger partial charge in [-0.05, 0) is 49.7 Å². The lowest BCUT2D eigenvalue weighted by molar-refractivity contribution is -0.125. The average Bonchev–Trinajstić information content (AvgIpc) is 2.99. The second-order valence-corrected chi connectivity index (χ2v) is 6.84. The summed E-state index contributed by atoms with van der Waals surface area (Å²) in [5.74, 6) is 1.84. The Kier molecular flexibility index (Phi) is 4.81.